The maximum atomic E-state index is 5.92. The van der Waals surface area contributed by atoms with Crippen LogP contribution in [0.4, 0.5) is 5.95 Å². The van der Waals surface area contributed by atoms with Crippen molar-refractivity contribution >= 4 is 5.95 Å². The number of ether oxygens (including phenoxy) is 1. The molecule has 0 unspecified atom stereocenters. The van der Waals surface area contributed by atoms with E-state index < -0.39 is 0 Å². The summed E-state index contributed by atoms with van der Waals surface area (Å²) in [5, 5.41) is 0. The van der Waals surface area contributed by atoms with E-state index in [9.17, 15) is 0 Å². The second-order valence-electron chi connectivity index (χ2n) is 5.99. The van der Waals surface area contributed by atoms with E-state index in [0.717, 1.165) is 37.7 Å². The fourth-order valence-corrected chi connectivity index (χ4v) is 3.29. The summed E-state index contributed by atoms with van der Waals surface area (Å²) in [5.41, 5.74) is 5.92. The molecule has 2 N–H and O–H groups in total. The normalized spacial score (nSPS) is 22.6. The Balaban J connectivity index is 1.81. The Labute approximate surface area is 120 Å². The number of nitrogens with two attached hydrogens (primary N) is 1. The Morgan fingerprint density at radius 2 is 1.30 bits per heavy atom. The van der Waals surface area contributed by atoms with Gasteiger partial charge in [0, 0.05) is 25.0 Å². The Morgan fingerprint density at radius 3 is 1.90 bits per heavy atom. The number of anilines is 1. The first-order valence-electron chi connectivity index (χ1n) is 7.92. The molecule has 1 aromatic rings. The van der Waals surface area contributed by atoms with E-state index >= 15 is 0 Å². The van der Waals surface area contributed by atoms with Gasteiger partial charge in [0.15, 0.2) is 0 Å². The average Bonchev–Trinajstić information content (AvgIpc) is 2.77. The standard InChI is InChI=1S/C15H24N4O/c16-15-18-13(11-5-3-1-2-4-6-11)17-14(19-15)12-7-9-20-10-8-12/h11-12H,1-10H2,(H2,16,17,18,19). The number of nitrogen functional groups attached to an aromatic ring is 1. The fraction of sp³-hybridized carbons (Fsp3) is 0.800. The van der Waals surface area contributed by atoms with Crippen LogP contribution < -0.4 is 5.73 Å². The minimum absolute atomic E-state index is 0.388. The second kappa shape index (κ2) is 6.48. The van der Waals surface area contributed by atoms with E-state index in [1.807, 2.05) is 0 Å². The molecule has 2 fully saturated rings. The summed E-state index contributed by atoms with van der Waals surface area (Å²) in [6.07, 6.45) is 9.61. The fourth-order valence-electron chi connectivity index (χ4n) is 3.29. The second-order valence-corrected chi connectivity index (χ2v) is 5.99. The highest BCUT2D eigenvalue weighted by Gasteiger charge is 2.23. The van der Waals surface area contributed by atoms with E-state index in [1.54, 1.807) is 0 Å². The number of hydrogen-bond acceptors (Lipinski definition) is 5. The SMILES string of the molecule is Nc1nc(C2CCCCCC2)nc(C2CCOCC2)n1. The monoisotopic (exact) mass is 276 g/mol. The van der Waals surface area contributed by atoms with Crippen LogP contribution in [-0.4, -0.2) is 28.2 Å². The van der Waals surface area contributed by atoms with Crippen LogP contribution in [-0.2, 0) is 4.74 Å². The van der Waals surface area contributed by atoms with Gasteiger partial charge in [0.1, 0.15) is 11.6 Å². The lowest BCUT2D eigenvalue weighted by Crippen LogP contribution is -2.19. The molecule has 20 heavy (non-hydrogen) atoms. The van der Waals surface area contributed by atoms with E-state index in [4.69, 9.17) is 15.5 Å². The number of nitrogens with zero attached hydrogens (tertiary/aromatic N) is 3. The summed E-state index contributed by atoms with van der Waals surface area (Å²) < 4.78 is 5.41. The van der Waals surface area contributed by atoms with Gasteiger partial charge in [-0.2, -0.15) is 9.97 Å². The Hall–Kier alpha value is -1.23. The highest BCUT2D eigenvalue weighted by Crippen LogP contribution is 2.31. The molecule has 0 radical (unpaired) electrons. The van der Waals surface area contributed by atoms with E-state index in [0.29, 0.717) is 17.8 Å². The summed E-state index contributed by atoms with van der Waals surface area (Å²) >= 11 is 0. The lowest BCUT2D eigenvalue weighted by Gasteiger charge is -2.22. The summed E-state index contributed by atoms with van der Waals surface area (Å²) in [6, 6.07) is 0. The molecule has 110 valence electrons. The molecule has 0 amide bonds. The van der Waals surface area contributed by atoms with Crippen molar-refractivity contribution in [3.05, 3.63) is 11.6 Å². The van der Waals surface area contributed by atoms with Crippen molar-refractivity contribution in [2.75, 3.05) is 18.9 Å². The molecule has 5 nitrogen and oxygen atoms in total. The zero-order chi connectivity index (χ0) is 13.8. The van der Waals surface area contributed by atoms with Crippen molar-refractivity contribution in [1.29, 1.82) is 0 Å². The summed E-state index contributed by atoms with van der Waals surface area (Å²) in [5.74, 6) is 3.07. The maximum absolute atomic E-state index is 5.92. The van der Waals surface area contributed by atoms with Crippen molar-refractivity contribution in [2.24, 2.45) is 0 Å². The predicted molar refractivity (Wildman–Crippen MR) is 77.5 cm³/mol. The first kappa shape index (κ1) is 13.7. The quantitative estimate of drug-likeness (QED) is 0.841. The van der Waals surface area contributed by atoms with Crippen molar-refractivity contribution in [3.63, 3.8) is 0 Å². The first-order valence-corrected chi connectivity index (χ1v) is 7.92. The third-order valence-corrected chi connectivity index (χ3v) is 4.49. The largest absolute Gasteiger partial charge is 0.381 e. The van der Waals surface area contributed by atoms with Gasteiger partial charge >= 0.3 is 0 Å². The topological polar surface area (TPSA) is 73.9 Å². The average molecular weight is 276 g/mol. The molecule has 3 rings (SSSR count). The molecular weight excluding hydrogens is 252 g/mol. The van der Waals surface area contributed by atoms with Gasteiger partial charge in [0.2, 0.25) is 5.95 Å². The van der Waals surface area contributed by atoms with Crippen LogP contribution in [0.25, 0.3) is 0 Å². The van der Waals surface area contributed by atoms with Crippen molar-refractivity contribution in [3.8, 4) is 0 Å². The third-order valence-electron chi connectivity index (χ3n) is 4.49. The highest BCUT2D eigenvalue weighted by atomic mass is 16.5. The van der Waals surface area contributed by atoms with Gasteiger partial charge < -0.3 is 10.5 Å². The first-order chi connectivity index (χ1) is 9.83. The van der Waals surface area contributed by atoms with Gasteiger partial charge in [-0.05, 0) is 25.7 Å². The molecule has 5 heteroatoms. The van der Waals surface area contributed by atoms with Crippen molar-refractivity contribution in [2.45, 2.75) is 63.2 Å². The zero-order valence-corrected chi connectivity index (χ0v) is 12.1. The molecule has 0 aromatic carbocycles. The van der Waals surface area contributed by atoms with Gasteiger partial charge in [-0.25, -0.2) is 4.98 Å². The number of aromatic nitrogens is 3. The molecule has 1 saturated carbocycles. The molecule has 2 aliphatic rings. The van der Waals surface area contributed by atoms with Crippen LogP contribution in [0.1, 0.15) is 74.9 Å². The van der Waals surface area contributed by atoms with Crippen LogP contribution in [0, 0.1) is 0 Å². The Kier molecular flexibility index (Phi) is 4.45. The smallest absolute Gasteiger partial charge is 0.223 e. The molecule has 2 heterocycles. The zero-order valence-electron chi connectivity index (χ0n) is 12.1. The molecule has 0 atom stereocenters. The molecule has 1 aliphatic carbocycles. The molecule has 1 aromatic heterocycles. The highest BCUT2D eigenvalue weighted by molar-refractivity contribution is 5.19. The number of rotatable bonds is 2. The Morgan fingerprint density at radius 1 is 0.750 bits per heavy atom. The van der Waals surface area contributed by atoms with Crippen LogP contribution in [0.15, 0.2) is 0 Å². The molecule has 0 bridgehead atoms. The third kappa shape index (κ3) is 3.26. The number of hydrogen-bond donors (Lipinski definition) is 1. The van der Waals surface area contributed by atoms with Gasteiger partial charge in [0.05, 0.1) is 0 Å². The van der Waals surface area contributed by atoms with Gasteiger partial charge in [-0.1, -0.05) is 25.7 Å². The molecule has 0 spiro atoms. The van der Waals surface area contributed by atoms with Crippen molar-refractivity contribution in [1.82, 2.24) is 15.0 Å². The lowest BCUT2D eigenvalue weighted by atomic mass is 9.97. The molecule has 1 aliphatic heterocycles. The van der Waals surface area contributed by atoms with Crippen molar-refractivity contribution < 1.29 is 4.74 Å². The summed E-state index contributed by atoms with van der Waals surface area (Å²) in [4.78, 5) is 13.6. The van der Waals surface area contributed by atoms with Crippen LogP contribution in [0.5, 0.6) is 0 Å². The van der Waals surface area contributed by atoms with Crippen LogP contribution in [0.3, 0.4) is 0 Å². The van der Waals surface area contributed by atoms with Gasteiger partial charge in [0.25, 0.3) is 0 Å². The Bertz CT molecular complexity index is 437. The van der Waals surface area contributed by atoms with Crippen LogP contribution >= 0.6 is 0 Å². The van der Waals surface area contributed by atoms with E-state index in [-0.39, 0.29) is 0 Å². The van der Waals surface area contributed by atoms with E-state index in [1.165, 1.54) is 38.5 Å². The minimum Gasteiger partial charge on any atom is -0.381 e. The minimum atomic E-state index is 0.388. The summed E-state index contributed by atoms with van der Waals surface area (Å²) in [6.45, 7) is 1.60. The molecular formula is C15H24N4O. The van der Waals surface area contributed by atoms with Gasteiger partial charge in [-0.3, -0.25) is 0 Å². The molecule has 1 saturated heterocycles. The van der Waals surface area contributed by atoms with Gasteiger partial charge in [-0.15, -0.1) is 0 Å². The maximum Gasteiger partial charge on any atom is 0.223 e. The lowest BCUT2D eigenvalue weighted by molar-refractivity contribution is 0.0835. The predicted octanol–water partition coefficient (Wildman–Crippen LogP) is 2.79. The van der Waals surface area contributed by atoms with E-state index in [2.05, 4.69) is 9.97 Å². The van der Waals surface area contributed by atoms with Crippen LogP contribution in [0.2, 0.25) is 0 Å². The summed E-state index contributed by atoms with van der Waals surface area (Å²) in [7, 11) is 0.